The van der Waals surface area contributed by atoms with E-state index in [2.05, 4.69) is 12.1 Å². The lowest BCUT2D eigenvalue weighted by Gasteiger charge is -2.37. The molecule has 2 fully saturated rings. The fourth-order valence-corrected chi connectivity index (χ4v) is 4.12. The minimum absolute atomic E-state index is 0.218. The number of epoxide rings is 1. The summed E-state index contributed by atoms with van der Waals surface area (Å²) in [6.07, 6.45) is 5.20. The Kier molecular flexibility index (Phi) is 3.32. The average molecular weight is 294 g/mol. The van der Waals surface area contributed by atoms with Gasteiger partial charge in [-0.3, -0.25) is 0 Å². The number of fused-ring (bicyclic) bond motifs is 1. The van der Waals surface area contributed by atoms with E-state index in [1.807, 2.05) is 48.5 Å². The molecule has 2 aromatic rings. The Labute approximate surface area is 131 Å². The number of rotatable bonds is 4. The first kappa shape index (κ1) is 14.0. The van der Waals surface area contributed by atoms with Gasteiger partial charge in [-0.15, -0.1) is 0 Å². The zero-order valence-corrected chi connectivity index (χ0v) is 12.7. The summed E-state index contributed by atoms with van der Waals surface area (Å²) < 4.78 is 6.11. The molecule has 114 valence electrons. The third kappa shape index (κ3) is 2.10. The Morgan fingerprint density at radius 3 is 2.36 bits per heavy atom. The van der Waals surface area contributed by atoms with Gasteiger partial charge < -0.3 is 9.84 Å². The number of hydrogen-bond donors (Lipinski definition) is 1. The third-order valence-corrected chi connectivity index (χ3v) is 5.33. The van der Waals surface area contributed by atoms with Crippen LogP contribution in [-0.2, 0) is 16.8 Å². The first-order valence-corrected chi connectivity index (χ1v) is 8.24. The van der Waals surface area contributed by atoms with Crippen LogP contribution in [0.3, 0.4) is 0 Å². The van der Waals surface area contributed by atoms with E-state index in [-0.39, 0.29) is 11.7 Å². The van der Waals surface area contributed by atoms with Crippen molar-refractivity contribution in [3.63, 3.8) is 0 Å². The van der Waals surface area contributed by atoms with E-state index < -0.39 is 5.60 Å². The standard InChI is InChI=1S/C20H22O2/c21-19(17-11-5-2-6-12-17,15-16-9-3-1-4-10-16)20-14-8-7-13-18(20)22-20/h1-6,9-12,18,21H,7-8,13-15H2/t18-,19?,20+/m0/s1. The molecule has 2 heteroatoms. The zero-order chi connectivity index (χ0) is 15.0. The maximum atomic E-state index is 11.7. The van der Waals surface area contributed by atoms with Gasteiger partial charge >= 0.3 is 0 Å². The van der Waals surface area contributed by atoms with E-state index in [1.165, 1.54) is 6.42 Å². The first-order chi connectivity index (χ1) is 10.7. The van der Waals surface area contributed by atoms with Gasteiger partial charge in [0, 0.05) is 6.42 Å². The summed E-state index contributed by atoms with van der Waals surface area (Å²) in [7, 11) is 0. The summed E-state index contributed by atoms with van der Waals surface area (Å²) in [6, 6.07) is 20.3. The lowest BCUT2D eigenvalue weighted by Crippen LogP contribution is -2.47. The normalized spacial score (nSPS) is 29.4. The van der Waals surface area contributed by atoms with Gasteiger partial charge in [0.1, 0.15) is 11.2 Å². The highest BCUT2D eigenvalue weighted by Gasteiger charge is 2.69. The van der Waals surface area contributed by atoms with Crippen molar-refractivity contribution in [1.29, 1.82) is 0 Å². The predicted molar refractivity (Wildman–Crippen MR) is 86.6 cm³/mol. The summed E-state index contributed by atoms with van der Waals surface area (Å²) in [5.41, 5.74) is 0.801. The van der Waals surface area contributed by atoms with Crippen molar-refractivity contribution in [2.75, 3.05) is 0 Å². The monoisotopic (exact) mass is 294 g/mol. The van der Waals surface area contributed by atoms with E-state index >= 15 is 0 Å². The number of benzene rings is 2. The van der Waals surface area contributed by atoms with Crippen molar-refractivity contribution >= 4 is 0 Å². The van der Waals surface area contributed by atoms with Crippen LogP contribution in [0.2, 0.25) is 0 Å². The first-order valence-electron chi connectivity index (χ1n) is 8.24. The molecular formula is C20H22O2. The third-order valence-electron chi connectivity index (χ3n) is 5.33. The van der Waals surface area contributed by atoms with Gasteiger partial charge in [-0.2, -0.15) is 0 Å². The molecule has 0 bridgehead atoms. The van der Waals surface area contributed by atoms with Crippen molar-refractivity contribution in [2.24, 2.45) is 0 Å². The second-order valence-corrected chi connectivity index (χ2v) is 6.63. The average Bonchev–Trinajstić information content (AvgIpc) is 3.33. The summed E-state index contributed by atoms with van der Waals surface area (Å²) in [5.74, 6) is 0. The van der Waals surface area contributed by atoms with Crippen LogP contribution < -0.4 is 0 Å². The minimum Gasteiger partial charge on any atom is -0.382 e. The summed E-state index contributed by atoms with van der Waals surface area (Å²) in [4.78, 5) is 0. The van der Waals surface area contributed by atoms with E-state index in [1.54, 1.807) is 0 Å². The number of aliphatic hydroxyl groups is 1. The molecular weight excluding hydrogens is 272 g/mol. The molecule has 0 radical (unpaired) electrons. The number of hydrogen-bond acceptors (Lipinski definition) is 2. The fraction of sp³-hybridized carbons (Fsp3) is 0.400. The highest BCUT2D eigenvalue weighted by Crippen LogP contribution is 2.58. The van der Waals surface area contributed by atoms with Crippen LogP contribution in [0.15, 0.2) is 60.7 Å². The van der Waals surface area contributed by atoms with Crippen LogP contribution in [-0.4, -0.2) is 16.8 Å². The maximum Gasteiger partial charge on any atom is 0.128 e. The molecule has 2 aliphatic rings. The molecule has 3 atom stereocenters. The van der Waals surface area contributed by atoms with Crippen LogP contribution in [0.25, 0.3) is 0 Å². The largest absolute Gasteiger partial charge is 0.382 e. The van der Waals surface area contributed by atoms with Crippen molar-refractivity contribution in [3.05, 3.63) is 71.8 Å². The molecule has 1 saturated heterocycles. The summed E-state index contributed by atoms with van der Waals surface area (Å²) in [6.45, 7) is 0. The van der Waals surface area contributed by atoms with E-state index in [9.17, 15) is 5.11 Å². The zero-order valence-electron chi connectivity index (χ0n) is 12.7. The highest BCUT2D eigenvalue weighted by molar-refractivity contribution is 5.35. The lowest BCUT2D eigenvalue weighted by atomic mass is 9.70. The highest BCUT2D eigenvalue weighted by atomic mass is 16.6. The lowest BCUT2D eigenvalue weighted by molar-refractivity contribution is -0.0495. The fourth-order valence-electron chi connectivity index (χ4n) is 4.12. The molecule has 4 rings (SSSR count). The Bertz CT molecular complexity index is 639. The molecule has 2 nitrogen and oxygen atoms in total. The van der Waals surface area contributed by atoms with Crippen LogP contribution in [0.1, 0.15) is 36.8 Å². The Morgan fingerprint density at radius 2 is 1.68 bits per heavy atom. The smallest absolute Gasteiger partial charge is 0.128 e. The van der Waals surface area contributed by atoms with Crippen LogP contribution >= 0.6 is 0 Å². The van der Waals surface area contributed by atoms with Crippen molar-refractivity contribution in [2.45, 2.75) is 49.4 Å². The SMILES string of the molecule is OC(Cc1ccccc1)(c1ccccc1)[C@@]12CCCC[C@@H]1O2. The van der Waals surface area contributed by atoms with Gasteiger partial charge in [0.15, 0.2) is 0 Å². The quantitative estimate of drug-likeness (QED) is 0.869. The molecule has 22 heavy (non-hydrogen) atoms. The van der Waals surface area contributed by atoms with Crippen LogP contribution in [0.5, 0.6) is 0 Å². The summed E-state index contributed by atoms with van der Waals surface area (Å²) in [5, 5.41) is 11.7. The Hall–Kier alpha value is -1.64. The van der Waals surface area contributed by atoms with Gasteiger partial charge in [0.2, 0.25) is 0 Å². The van der Waals surface area contributed by atoms with Crippen molar-refractivity contribution < 1.29 is 9.84 Å². The van der Waals surface area contributed by atoms with Crippen LogP contribution in [0, 0.1) is 0 Å². The second-order valence-electron chi connectivity index (χ2n) is 6.63. The van der Waals surface area contributed by atoms with Gasteiger partial charge in [-0.1, -0.05) is 73.5 Å². The Balaban J connectivity index is 1.75. The van der Waals surface area contributed by atoms with Gasteiger partial charge in [-0.25, -0.2) is 0 Å². The summed E-state index contributed by atoms with van der Waals surface area (Å²) >= 11 is 0. The predicted octanol–water partition coefficient (Wildman–Crippen LogP) is 3.83. The van der Waals surface area contributed by atoms with E-state index in [0.717, 1.165) is 30.4 Å². The van der Waals surface area contributed by atoms with Gasteiger partial charge in [0.05, 0.1) is 6.10 Å². The minimum atomic E-state index is -0.944. The second kappa shape index (κ2) is 5.22. The Morgan fingerprint density at radius 1 is 1.00 bits per heavy atom. The molecule has 0 amide bonds. The molecule has 1 heterocycles. The van der Waals surface area contributed by atoms with Gasteiger partial charge in [-0.05, 0) is 24.0 Å². The van der Waals surface area contributed by atoms with E-state index in [4.69, 9.17) is 4.74 Å². The number of ether oxygens (including phenoxy) is 1. The molecule has 1 unspecified atom stereocenters. The molecule has 1 aliphatic carbocycles. The molecule has 1 saturated carbocycles. The van der Waals surface area contributed by atoms with Crippen LogP contribution in [0.4, 0.5) is 0 Å². The van der Waals surface area contributed by atoms with Crippen molar-refractivity contribution in [1.82, 2.24) is 0 Å². The maximum absolute atomic E-state index is 11.7. The molecule has 0 spiro atoms. The molecule has 0 aromatic heterocycles. The molecule has 2 aromatic carbocycles. The van der Waals surface area contributed by atoms with E-state index in [0.29, 0.717) is 6.42 Å². The van der Waals surface area contributed by atoms with Crippen molar-refractivity contribution in [3.8, 4) is 0 Å². The molecule has 1 aliphatic heterocycles. The topological polar surface area (TPSA) is 32.8 Å². The van der Waals surface area contributed by atoms with Gasteiger partial charge in [0.25, 0.3) is 0 Å². The molecule has 1 N–H and O–H groups in total.